The maximum atomic E-state index is 12.5. The normalized spacial score (nSPS) is 16.2. The molecule has 1 aromatic heterocycles. The van der Waals surface area contributed by atoms with Gasteiger partial charge in [-0.1, -0.05) is 11.8 Å². The van der Waals surface area contributed by atoms with Gasteiger partial charge in [0, 0.05) is 25.4 Å². The molecule has 3 rings (SSSR count). The van der Waals surface area contributed by atoms with Crippen LogP contribution < -0.4 is 10.5 Å². The molecule has 0 aliphatic carbocycles. The van der Waals surface area contributed by atoms with E-state index in [1.807, 2.05) is 0 Å². The number of nitrogens with zero attached hydrogens (tertiary/aromatic N) is 2. The summed E-state index contributed by atoms with van der Waals surface area (Å²) in [5.41, 5.74) is 0.335. The third-order valence-corrected chi connectivity index (χ3v) is 6.52. The van der Waals surface area contributed by atoms with Gasteiger partial charge in [0.15, 0.2) is 6.61 Å². The van der Waals surface area contributed by atoms with Crippen molar-refractivity contribution in [1.82, 2.24) is 9.88 Å². The highest BCUT2D eigenvalue weighted by atomic mass is 32.2. The number of rotatable bonds is 7. The highest BCUT2D eigenvalue weighted by Gasteiger charge is 2.37. The molecule has 3 N–H and O–H groups in total. The van der Waals surface area contributed by atoms with Crippen LogP contribution in [0.25, 0.3) is 0 Å². The number of benzene rings is 1. The van der Waals surface area contributed by atoms with Crippen molar-refractivity contribution in [3.05, 3.63) is 48.2 Å². The van der Waals surface area contributed by atoms with Crippen LogP contribution >= 0.6 is 11.8 Å². The third kappa shape index (κ3) is 5.49. The summed E-state index contributed by atoms with van der Waals surface area (Å²) >= 11 is 0.978. The number of imide groups is 1. The molecule has 1 saturated heterocycles. The Kier molecular flexibility index (Phi) is 6.91. The fraction of sp³-hybridized carbons (Fsp3) is 0.211. The second-order valence-corrected chi connectivity index (χ2v) is 9.40. The average molecular weight is 479 g/mol. The summed E-state index contributed by atoms with van der Waals surface area (Å²) in [6, 6.07) is 8.07. The second-order valence-electron chi connectivity index (χ2n) is 6.65. The Labute approximate surface area is 187 Å². The smallest absolute Gasteiger partial charge is 0.341 e. The van der Waals surface area contributed by atoms with E-state index in [2.05, 4.69) is 10.3 Å². The number of pyridine rings is 1. The van der Waals surface area contributed by atoms with Gasteiger partial charge in [-0.3, -0.25) is 19.3 Å². The number of aromatic nitrogens is 1. The van der Waals surface area contributed by atoms with Crippen LogP contribution in [0.1, 0.15) is 16.8 Å². The van der Waals surface area contributed by atoms with Crippen molar-refractivity contribution in [2.75, 3.05) is 19.0 Å². The molecular weight excluding hydrogens is 460 g/mol. The first-order chi connectivity index (χ1) is 15.1. The van der Waals surface area contributed by atoms with Gasteiger partial charge in [-0.2, -0.15) is 0 Å². The first kappa shape index (κ1) is 23.4. The summed E-state index contributed by atoms with van der Waals surface area (Å²) in [7, 11) is -2.47. The van der Waals surface area contributed by atoms with Crippen molar-refractivity contribution < 1.29 is 32.3 Å². The molecule has 2 aromatic rings. The summed E-state index contributed by atoms with van der Waals surface area (Å²) in [4.78, 5) is 53.3. The van der Waals surface area contributed by atoms with Crippen LogP contribution in [0.3, 0.4) is 0 Å². The second kappa shape index (κ2) is 9.46. The molecule has 2 heterocycles. The Balaban J connectivity index is 1.60. The van der Waals surface area contributed by atoms with Gasteiger partial charge in [-0.15, -0.1) is 0 Å². The maximum absolute atomic E-state index is 12.5. The fourth-order valence-corrected chi connectivity index (χ4v) is 4.39. The van der Waals surface area contributed by atoms with Gasteiger partial charge in [-0.25, -0.2) is 23.3 Å². The highest BCUT2D eigenvalue weighted by Crippen LogP contribution is 2.31. The van der Waals surface area contributed by atoms with Gasteiger partial charge < -0.3 is 10.1 Å². The number of thioether (sulfide) groups is 1. The lowest BCUT2D eigenvalue weighted by molar-refractivity contribution is -0.136. The maximum Gasteiger partial charge on any atom is 0.341 e. The molecule has 168 valence electrons. The molecule has 11 nitrogen and oxygen atoms in total. The van der Waals surface area contributed by atoms with E-state index < -0.39 is 33.8 Å². The number of anilines is 1. The molecule has 32 heavy (non-hydrogen) atoms. The monoisotopic (exact) mass is 478 g/mol. The Morgan fingerprint density at radius 2 is 1.94 bits per heavy atom. The Hall–Kier alpha value is -3.29. The number of sulfonamides is 1. The first-order valence-corrected chi connectivity index (χ1v) is 11.5. The van der Waals surface area contributed by atoms with Crippen LogP contribution in [-0.2, 0) is 29.1 Å². The Morgan fingerprint density at radius 1 is 1.25 bits per heavy atom. The number of hydrogen-bond donors (Lipinski definition) is 2. The van der Waals surface area contributed by atoms with Crippen LogP contribution in [-0.4, -0.2) is 60.9 Å². The van der Waals surface area contributed by atoms with Gasteiger partial charge in [0.1, 0.15) is 5.03 Å². The number of hydrogen-bond acceptors (Lipinski definition) is 9. The van der Waals surface area contributed by atoms with E-state index in [4.69, 9.17) is 9.88 Å². The van der Waals surface area contributed by atoms with Gasteiger partial charge in [-0.05, 0) is 36.4 Å². The minimum absolute atomic E-state index is 0.00227. The van der Waals surface area contributed by atoms with Crippen LogP contribution in [0.2, 0.25) is 0 Å². The first-order valence-electron chi connectivity index (χ1n) is 9.08. The minimum atomic E-state index is -3.86. The zero-order valence-electron chi connectivity index (χ0n) is 16.7. The number of primary sulfonamides is 1. The van der Waals surface area contributed by atoms with Crippen molar-refractivity contribution in [2.45, 2.75) is 21.6 Å². The third-order valence-electron chi connectivity index (χ3n) is 4.39. The number of esters is 1. The predicted molar refractivity (Wildman–Crippen MR) is 113 cm³/mol. The summed E-state index contributed by atoms with van der Waals surface area (Å²) in [5.74, 6) is -2.18. The molecule has 0 radical (unpaired) electrons. The van der Waals surface area contributed by atoms with Gasteiger partial charge >= 0.3 is 5.97 Å². The summed E-state index contributed by atoms with van der Waals surface area (Å²) in [5, 5.41) is 6.98. The van der Waals surface area contributed by atoms with Gasteiger partial charge in [0.25, 0.3) is 5.91 Å². The van der Waals surface area contributed by atoms with Crippen LogP contribution in [0.5, 0.6) is 0 Å². The number of amides is 3. The molecule has 1 aromatic carbocycles. The Bertz CT molecular complexity index is 1180. The SMILES string of the molecule is CN1C(=O)CC(Sc2ncccc2C(=O)OCC(=O)Nc2ccc(S(N)(=O)=O)cc2)C1=O. The standard InChI is InChI=1S/C19H18N4O7S2/c1-23-16(25)9-14(18(23)26)31-17-13(3-2-8-21-17)19(27)30-10-15(24)22-11-4-6-12(7-5-11)32(20,28)29/h2-8,14H,9-10H2,1H3,(H,22,24)(H2,20,28,29). The number of carbonyl (C=O) groups excluding carboxylic acids is 4. The molecule has 1 aliphatic heterocycles. The fourth-order valence-electron chi connectivity index (χ4n) is 2.72. The van der Waals surface area contributed by atoms with Crippen molar-refractivity contribution in [1.29, 1.82) is 0 Å². The van der Waals surface area contributed by atoms with E-state index in [9.17, 15) is 27.6 Å². The molecule has 0 spiro atoms. The number of likely N-dealkylation sites (tertiary alicyclic amines) is 1. The van der Waals surface area contributed by atoms with Crippen LogP contribution in [0.4, 0.5) is 5.69 Å². The lowest BCUT2D eigenvalue weighted by Crippen LogP contribution is -2.26. The molecule has 1 fully saturated rings. The topological polar surface area (TPSA) is 166 Å². The molecular formula is C19H18N4O7S2. The molecule has 13 heteroatoms. The highest BCUT2D eigenvalue weighted by molar-refractivity contribution is 8.00. The molecule has 1 aliphatic rings. The lowest BCUT2D eigenvalue weighted by Gasteiger charge is -2.11. The molecule has 0 saturated carbocycles. The van der Waals surface area contributed by atoms with Gasteiger partial charge in [0.2, 0.25) is 21.8 Å². The quantitative estimate of drug-likeness (QED) is 0.422. The van der Waals surface area contributed by atoms with E-state index in [0.717, 1.165) is 16.7 Å². The van der Waals surface area contributed by atoms with Crippen molar-refractivity contribution in [3.8, 4) is 0 Å². The summed E-state index contributed by atoms with van der Waals surface area (Å²) in [6.07, 6.45) is 1.43. The molecule has 1 atom stereocenters. The van der Waals surface area contributed by atoms with Crippen molar-refractivity contribution in [2.24, 2.45) is 5.14 Å². The van der Waals surface area contributed by atoms with Gasteiger partial charge in [0.05, 0.1) is 15.7 Å². The van der Waals surface area contributed by atoms with Crippen LogP contribution in [0, 0.1) is 0 Å². The molecule has 0 bridgehead atoms. The molecule has 3 amide bonds. The van der Waals surface area contributed by atoms with E-state index in [1.165, 1.54) is 49.6 Å². The number of ether oxygens (including phenoxy) is 1. The Morgan fingerprint density at radius 3 is 2.53 bits per heavy atom. The number of carbonyl (C=O) groups is 4. The zero-order valence-corrected chi connectivity index (χ0v) is 18.3. The molecule has 1 unspecified atom stereocenters. The van der Waals surface area contributed by atoms with Crippen LogP contribution in [0.15, 0.2) is 52.5 Å². The van der Waals surface area contributed by atoms with E-state index in [1.54, 1.807) is 0 Å². The predicted octanol–water partition coefficient (Wildman–Crippen LogP) is 0.374. The van der Waals surface area contributed by atoms with E-state index in [0.29, 0.717) is 0 Å². The zero-order chi connectivity index (χ0) is 23.5. The number of nitrogens with one attached hydrogen (secondary N) is 1. The average Bonchev–Trinajstić information content (AvgIpc) is 2.98. The largest absolute Gasteiger partial charge is 0.452 e. The minimum Gasteiger partial charge on any atom is -0.452 e. The summed E-state index contributed by atoms with van der Waals surface area (Å²) < 4.78 is 27.5. The van der Waals surface area contributed by atoms with Crippen molar-refractivity contribution in [3.63, 3.8) is 0 Å². The van der Waals surface area contributed by atoms with E-state index in [-0.39, 0.29) is 39.4 Å². The lowest BCUT2D eigenvalue weighted by atomic mass is 10.3. The summed E-state index contributed by atoms with van der Waals surface area (Å²) in [6.45, 7) is -0.613. The van der Waals surface area contributed by atoms with Crippen molar-refractivity contribution >= 4 is 51.2 Å². The van der Waals surface area contributed by atoms with E-state index >= 15 is 0 Å². The number of nitrogens with two attached hydrogens (primary N) is 1.